The van der Waals surface area contributed by atoms with Crippen LogP contribution in [0.2, 0.25) is 0 Å². The van der Waals surface area contributed by atoms with E-state index in [1.807, 2.05) is 62.4 Å². The Balaban J connectivity index is 1.53. The Morgan fingerprint density at radius 3 is 2.70 bits per heavy atom. The monoisotopic (exact) mass is 383 g/mol. The number of hydrogen-bond donors (Lipinski definition) is 1. The highest BCUT2D eigenvalue weighted by molar-refractivity contribution is 7.99. The van der Waals surface area contributed by atoms with Crippen molar-refractivity contribution in [1.29, 1.82) is 0 Å². The molecule has 3 aromatic rings. The van der Waals surface area contributed by atoms with Crippen LogP contribution < -0.4 is 10.1 Å². The molecule has 0 aliphatic heterocycles. The van der Waals surface area contributed by atoms with Crippen LogP contribution in [0.15, 0.2) is 58.2 Å². The molecule has 1 heterocycles. The maximum atomic E-state index is 12.0. The summed E-state index contributed by atoms with van der Waals surface area (Å²) in [5.41, 5.74) is 2.99. The molecule has 0 spiro atoms. The molecule has 3 rings (SSSR count). The van der Waals surface area contributed by atoms with Crippen LogP contribution in [0.3, 0.4) is 0 Å². The van der Waals surface area contributed by atoms with E-state index < -0.39 is 0 Å². The zero-order valence-electron chi connectivity index (χ0n) is 15.3. The molecule has 0 atom stereocenters. The fourth-order valence-electron chi connectivity index (χ4n) is 2.39. The van der Waals surface area contributed by atoms with E-state index in [9.17, 15) is 4.79 Å². The summed E-state index contributed by atoms with van der Waals surface area (Å²) < 4.78 is 11.2. The number of carbonyl (C=O) groups is 1. The number of carbonyl (C=O) groups excluding carboxylic acids is 1. The first-order valence-electron chi connectivity index (χ1n) is 8.66. The summed E-state index contributed by atoms with van der Waals surface area (Å²) in [4.78, 5) is 12.0. The first kappa shape index (κ1) is 19.0. The van der Waals surface area contributed by atoms with Crippen LogP contribution >= 0.6 is 11.8 Å². The Morgan fingerprint density at radius 2 is 1.93 bits per heavy atom. The third kappa shape index (κ3) is 5.34. The molecular formula is C20H21N3O3S. The van der Waals surface area contributed by atoms with Gasteiger partial charge in [-0.2, -0.15) is 0 Å². The summed E-state index contributed by atoms with van der Waals surface area (Å²) in [6, 6.07) is 15.5. The second-order valence-electron chi connectivity index (χ2n) is 5.85. The molecule has 0 radical (unpaired) electrons. The summed E-state index contributed by atoms with van der Waals surface area (Å²) in [5, 5.41) is 11.3. The van der Waals surface area contributed by atoms with Gasteiger partial charge in [0, 0.05) is 6.54 Å². The number of nitrogens with one attached hydrogen (secondary N) is 1. The van der Waals surface area contributed by atoms with Crippen molar-refractivity contribution in [3.05, 3.63) is 59.7 Å². The van der Waals surface area contributed by atoms with Crippen molar-refractivity contribution in [1.82, 2.24) is 15.5 Å². The lowest BCUT2D eigenvalue weighted by atomic mass is 10.1. The summed E-state index contributed by atoms with van der Waals surface area (Å²) in [6.45, 7) is 5.00. The van der Waals surface area contributed by atoms with Gasteiger partial charge < -0.3 is 14.5 Å². The van der Waals surface area contributed by atoms with Gasteiger partial charge in [-0.05, 0) is 31.5 Å². The minimum absolute atomic E-state index is 0.0879. The van der Waals surface area contributed by atoms with Crippen molar-refractivity contribution >= 4 is 17.7 Å². The maximum Gasteiger partial charge on any atom is 0.277 e. The normalized spacial score (nSPS) is 10.6. The number of amides is 1. The number of aryl methyl sites for hydroxylation is 1. The highest BCUT2D eigenvalue weighted by Gasteiger charge is 2.14. The summed E-state index contributed by atoms with van der Waals surface area (Å²) in [6.07, 6.45) is 0. The lowest BCUT2D eigenvalue weighted by Gasteiger charge is -2.06. The minimum atomic E-state index is -0.0879. The second kappa shape index (κ2) is 9.23. The van der Waals surface area contributed by atoms with Crippen LogP contribution in [0.1, 0.15) is 18.1 Å². The van der Waals surface area contributed by atoms with Crippen molar-refractivity contribution in [2.24, 2.45) is 0 Å². The molecule has 2 aromatic carbocycles. The lowest BCUT2D eigenvalue weighted by Crippen LogP contribution is -2.24. The van der Waals surface area contributed by atoms with E-state index in [0.717, 1.165) is 11.1 Å². The van der Waals surface area contributed by atoms with Gasteiger partial charge in [0.05, 0.1) is 17.9 Å². The van der Waals surface area contributed by atoms with Gasteiger partial charge in [0.15, 0.2) is 0 Å². The first-order valence-corrected chi connectivity index (χ1v) is 9.65. The number of rotatable bonds is 8. The molecule has 6 nitrogen and oxygen atoms in total. The first-order chi connectivity index (χ1) is 13.2. The Bertz CT molecular complexity index is 893. The SMILES string of the molecule is CCOc1ccccc1-c1nnc(SCC(=O)NCc2ccc(C)cc2)o1. The summed E-state index contributed by atoms with van der Waals surface area (Å²) in [7, 11) is 0. The quantitative estimate of drug-likeness (QED) is 0.595. The van der Waals surface area contributed by atoms with Crippen molar-refractivity contribution in [2.45, 2.75) is 25.6 Å². The Hall–Kier alpha value is -2.80. The molecule has 1 N–H and O–H groups in total. The third-order valence-corrected chi connectivity index (χ3v) is 4.58. The average molecular weight is 383 g/mol. The summed E-state index contributed by atoms with van der Waals surface area (Å²) in [5.74, 6) is 1.19. The van der Waals surface area contributed by atoms with E-state index in [1.54, 1.807) is 0 Å². The van der Waals surface area contributed by atoms with Crippen LogP contribution in [0.4, 0.5) is 0 Å². The standard InChI is InChI=1S/C20H21N3O3S/c1-3-25-17-7-5-4-6-16(17)19-22-23-20(26-19)27-13-18(24)21-12-15-10-8-14(2)9-11-15/h4-11H,3,12-13H2,1-2H3,(H,21,24). The zero-order valence-corrected chi connectivity index (χ0v) is 16.1. The van der Waals surface area contributed by atoms with Crippen LogP contribution in [-0.4, -0.2) is 28.5 Å². The number of ether oxygens (including phenoxy) is 1. The fraction of sp³-hybridized carbons (Fsp3) is 0.250. The van der Waals surface area contributed by atoms with Gasteiger partial charge >= 0.3 is 0 Å². The molecule has 7 heteroatoms. The predicted molar refractivity (Wildman–Crippen MR) is 105 cm³/mol. The highest BCUT2D eigenvalue weighted by atomic mass is 32.2. The highest BCUT2D eigenvalue weighted by Crippen LogP contribution is 2.30. The van der Waals surface area contributed by atoms with E-state index >= 15 is 0 Å². The van der Waals surface area contributed by atoms with Gasteiger partial charge in [0.25, 0.3) is 11.1 Å². The van der Waals surface area contributed by atoms with Gasteiger partial charge in [0.1, 0.15) is 5.75 Å². The molecule has 0 aliphatic rings. The molecule has 140 valence electrons. The smallest absolute Gasteiger partial charge is 0.277 e. The van der Waals surface area contributed by atoms with Gasteiger partial charge in [0.2, 0.25) is 5.91 Å². The van der Waals surface area contributed by atoms with Crippen molar-refractivity contribution in [2.75, 3.05) is 12.4 Å². The molecule has 0 bridgehead atoms. The molecule has 0 fully saturated rings. The number of aromatic nitrogens is 2. The van der Waals surface area contributed by atoms with E-state index in [-0.39, 0.29) is 11.7 Å². The third-order valence-electron chi connectivity index (χ3n) is 3.76. The van der Waals surface area contributed by atoms with E-state index in [4.69, 9.17) is 9.15 Å². The number of hydrogen-bond acceptors (Lipinski definition) is 6. The number of para-hydroxylation sites is 1. The van der Waals surface area contributed by atoms with E-state index in [1.165, 1.54) is 17.3 Å². The molecule has 1 aromatic heterocycles. The predicted octanol–water partition coefficient (Wildman–Crippen LogP) is 3.85. The van der Waals surface area contributed by atoms with Crippen molar-refractivity contribution in [3.8, 4) is 17.2 Å². The van der Waals surface area contributed by atoms with Gasteiger partial charge in [-0.25, -0.2) is 0 Å². The fourth-order valence-corrected chi connectivity index (χ4v) is 2.98. The number of benzene rings is 2. The van der Waals surface area contributed by atoms with Gasteiger partial charge in [-0.15, -0.1) is 10.2 Å². The molecule has 0 aliphatic carbocycles. The number of nitrogens with zero attached hydrogens (tertiary/aromatic N) is 2. The van der Waals surface area contributed by atoms with Gasteiger partial charge in [-0.1, -0.05) is 53.7 Å². The molecular weight excluding hydrogens is 362 g/mol. The van der Waals surface area contributed by atoms with E-state index in [2.05, 4.69) is 15.5 Å². The molecule has 1 amide bonds. The Kier molecular flexibility index (Phi) is 6.49. The number of thioether (sulfide) groups is 1. The van der Waals surface area contributed by atoms with E-state index in [0.29, 0.717) is 30.0 Å². The van der Waals surface area contributed by atoms with Crippen molar-refractivity contribution in [3.63, 3.8) is 0 Å². The topological polar surface area (TPSA) is 77.2 Å². The van der Waals surface area contributed by atoms with Crippen LogP contribution in [-0.2, 0) is 11.3 Å². The second-order valence-corrected chi connectivity index (χ2v) is 6.78. The van der Waals surface area contributed by atoms with Gasteiger partial charge in [-0.3, -0.25) is 4.79 Å². The average Bonchev–Trinajstić information content (AvgIpc) is 3.15. The summed E-state index contributed by atoms with van der Waals surface area (Å²) >= 11 is 1.21. The molecule has 0 unspecified atom stereocenters. The molecule has 27 heavy (non-hydrogen) atoms. The lowest BCUT2D eigenvalue weighted by molar-refractivity contribution is -0.118. The maximum absolute atomic E-state index is 12.0. The zero-order chi connectivity index (χ0) is 19.1. The van der Waals surface area contributed by atoms with Crippen LogP contribution in [0.25, 0.3) is 11.5 Å². The molecule has 0 saturated heterocycles. The Morgan fingerprint density at radius 1 is 1.15 bits per heavy atom. The van der Waals surface area contributed by atoms with Crippen molar-refractivity contribution < 1.29 is 13.9 Å². The van der Waals surface area contributed by atoms with Crippen LogP contribution in [0, 0.1) is 6.92 Å². The minimum Gasteiger partial charge on any atom is -0.493 e. The Labute approximate surface area is 162 Å². The molecule has 0 saturated carbocycles. The van der Waals surface area contributed by atoms with Crippen LogP contribution in [0.5, 0.6) is 5.75 Å². The largest absolute Gasteiger partial charge is 0.493 e.